The number of benzene rings is 1. The van der Waals surface area contributed by atoms with Crippen molar-refractivity contribution >= 4 is 11.8 Å². The van der Waals surface area contributed by atoms with Gasteiger partial charge in [-0.25, -0.2) is 0 Å². The van der Waals surface area contributed by atoms with E-state index < -0.39 is 0 Å². The number of carbonyl (C=O) groups excluding carboxylic acids is 2. The third kappa shape index (κ3) is 2.29. The lowest BCUT2D eigenvalue weighted by molar-refractivity contribution is 0.0649. The molecule has 96 valence electrons. The van der Waals surface area contributed by atoms with Crippen LogP contribution in [0, 0.1) is 0 Å². The molecule has 1 aromatic carbocycles. The largest absolute Gasteiger partial charge is 0.314 e. The molecule has 1 N–H and O–H groups in total. The van der Waals surface area contributed by atoms with E-state index in [1.165, 1.54) is 4.90 Å². The Bertz CT molecular complexity index is 436. The third-order valence-corrected chi connectivity index (χ3v) is 3.22. The summed E-state index contributed by atoms with van der Waals surface area (Å²) in [5.41, 5.74) is 1.05. The number of amides is 2. The van der Waals surface area contributed by atoms with E-state index in [1.807, 2.05) is 6.92 Å². The van der Waals surface area contributed by atoms with Gasteiger partial charge >= 0.3 is 0 Å². The van der Waals surface area contributed by atoms with Gasteiger partial charge < -0.3 is 5.32 Å². The maximum Gasteiger partial charge on any atom is 0.261 e. The highest BCUT2D eigenvalue weighted by atomic mass is 16.2. The average molecular weight is 246 g/mol. The standard InChI is InChI=1S/C14H18N2O2/c1-3-15-10(2)8-9-16-13(17)11-6-4-5-7-12(11)14(16)18/h4-7,10,15H,3,8-9H2,1-2H3. The van der Waals surface area contributed by atoms with Crippen molar-refractivity contribution in [1.29, 1.82) is 0 Å². The van der Waals surface area contributed by atoms with Crippen LogP contribution in [0.15, 0.2) is 24.3 Å². The molecule has 1 heterocycles. The van der Waals surface area contributed by atoms with Gasteiger partial charge in [0.05, 0.1) is 11.1 Å². The monoisotopic (exact) mass is 246 g/mol. The second-order valence-corrected chi connectivity index (χ2v) is 4.55. The molecule has 2 rings (SSSR count). The number of hydrogen-bond acceptors (Lipinski definition) is 3. The maximum atomic E-state index is 12.1. The fourth-order valence-electron chi connectivity index (χ4n) is 2.22. The van der Waals surface area contributed by atoms with Crippen molar-refractivity contribution in [3.05, 3.63) is 35.4 Å². The fraction of sp³-hybridized carbons (Fsp3) is 0.429. The van der Waals surface area contributed by atoms with Crippen LogP contribution in [-0.2, 0) is 0 Å². The first-order chi connectivity index (χ1) is 8.65. The molecular weight excluding hydrogens is 228 g/mol. The Morgan fingerprint density at radius 2 is 1.72 bits per heavy atom. The minimum atomic E-state index is -0.167. The van der Waals surface area contributed by atoms with E-state index in [4.69, 9.17) is 0 Å². The Kier molecular flexibility index (Phi) is 3.77. The summed E-state index contributed by atoms with van der Waals surface area (Å²) in [5, 5.41) is 3.27. The molecule has 0 aromatic heterocycles. The van der Waals surface area contributed by atoms with Crippen molar-refractivity contribution in [2.75, 3.05) is 13.1 Å². The summed E-state index contributed by atoms with van der Waals surface area (Å²) in [4.78, 5) is 25.5. The molecule has 0 bridgehead atoms. The Hall–Kier alpha value is -1.68. The number of rotatable bonds is 5. The number of nitrogens with zero attached hydrogens (tertiary/aromatic N) is 1. The van der Waals surface area contributed by atoms with Gasteiger partial charge in [-0.1, -0.05) is 19.1 Å². The highest BCUT2D eigenvalue weighted by Crippen LogP contribution is 2.22. The molecule has 18 heavy (non-hydrogen) atoms. The van der Waals surface area contributed by atoms with Gasteiger partial charge in [-0.15, -0.1) is 0 Å². The molecule has 2 amide bonds. The number of hydrogen-bond donors (Lipinski definition) is 1. The van der Waals surface area contributed by atoms with Crippen LogP contribution < -0.4 is 5.32 Å². The summed E-state index contributed by atoms with van der Waals surface area (Å²) in [6.07, 6.45) is 0.777. The lowest BCUT2D eigenvalue weighted by Crippen LogP contribution is -2.35. The number of nitrogens with one attached hydrogen (secondary N) is 1. The minimum absolute atomic E-state index is 0.167. The van der Waals surface area contributed by atoms with Gasteiger partial charge in [0.1, 0.15) is 0 Å². The lowest BCUT2D eigenvalue weighted by atomic mass is 10.1. The predicted molar refractivity (Wildman–Crippen MR) is 69.6 cm³/mol. The molecule has 4 nitrogen and oxygen atoms in total. The van der Waals surface area contributed by atoms with Gasteiger partial charge in [-0.3, -0.25) is 14.5 Å². The molecule has 0 saturated carbocycles. The zero-order valence-electron chi connectivity index (χ0n) is 10.8. The van der Waals surface area contributed by atoms with E-state index in [0.717, 1.165) is 13.0 Å². The van der Waals surface area contributed by atoms with Crippen molar-refractivity contribution in [3.8, 4) is 0 Å². The van der Waals surface area contributed by atoms with Crippen LogP contribution >= 0.6 is 0 Å². The van der Waals surface area contributed by atoms with Crippen molar-refractivity contribution in [2.45, 2.75) is 26.3 Å². The average Bonchev–Trinajstić information content (AvgIpc) is 2.61. The number of imide groups is 1. The van der Waals surface area contributed by atoms with Crippen molar-refractivity contribution in [2.24, 2.45) is 0 Å². The van der Waals surface area contributed by atoms with E-state index in [2.05, 4.69) is 12.2 Å². The summed E-state index contributed by atoms with van der Waals surface area (Å²) in [5.74, 6) is -0.335. The second-order valence-electron chi connectivity index (χ2n) is 4.55. The van der Waals surface area contributed by atoms with Gasteiger partial charge in [0.25, 0.3) is 11.8 Å². The van der Waals surface area contributed by atoms with Gasteiger partial charge in [-0.05, 0) is 32.0 Å². The van der Waals surface area contributed by atoms with Crippen LogP contribution in [-0.4, -0.2) is 35.8 Å². The summed E-state index contributed by atoms with van der Waals surface area (Å²) in [6.45, 7) is 5.46. The first-order valence-corrected chi connectivity index (χ1v) is 6.33. The van der Waals surface area contributed by atoms with Crippen molar-refractivity contribution in [3.63, 3.8) is 0 Å². The number of carbonyl (C=O) groups is 2. The van der Waals surface area contributed by atoms with Crippen molar-refractivity contribution in [1.82, 2.24) is 10.2 Å². The van der Waals surface area contributed by atoms with Crippen LogP contribution in [0.2, 0.25) is 0 Å². The molecule has 1 aliphatic rings. The minimum Gasteiger partial charge on any atom is -0.314 e. The predicted octanol–water partition coefficient (Wildman–Crippen LogP) is 1.67. The first kappa shape index (κ1) is 12.8. The van der Waals surface area contributed by atoms with E-state index >= 15 is 0 Å². The van der Waals surface area contributed by atoms with E-state index in [0.29, 0.717) is 23.7 Å². The molecule has 0 radical (unpaired) electrons. The SMILES string of the molecule is CCNC(C)CCN1C(=O)c2ccccc2C1=O. The van der Waals surface area contributed by atoms with Crippen LogP contribution in [0.5, 0.6) is 0 Å². The molecule has 1 atom stereocenters. The van der Waals surface area contributed by atoms with Gasteiger partial charge in [0.2, 0.25) is 0 Å². The van der Waals surface area contributed by atoms with Crippen LogP contribution in [0.25, 0.3) is 0 Å². The zero-order chi connectivity index (χ0) is 13.1. The summed E-state index contributed by atoms with van der Waals surface area (Å²) >= 11 is 0. The number of fused-ring (bicyclic) bond motifs is 1. The molecule has 0 aliphatic carbocycles. The van der Waals surface area contributed by atoms with Crippen LogP contribution in [0.3, 0.4) is 0 Å². The van der Waals surface area contributed by atoms with Gasteiger partial charge in [-0.2, -0.15) is 0 Å². The summed E-state index contributed by atoms with van der Waals surface area (Å²) < 4.78 is 0. The quantitative estimate of drug-likeness (QED) is 0.804. The molecule has 1 aliphatic heterocycles. The molecule has 1 aromatic rings. The topological polar surface area (TPSA) is 49.4 Å². The Balaban J connectivity index is 2.05. The molecule has 0 spiro atoms. The molecule has 1 unspecified atom stereocenters. The molecular formula is C14H18N2O2. The highest BCUT2D eigenvalue weighted by molar-refractivity contribution is 6.21. The van der Waals surface area contributed by atoms with Crippen LogP contribution in [0.4, 0.5) is 0 Å². The third-order valence-electron chi connectivity index (χ3n) is 3.22. The van der Waals surface area contributed by atoms with E-state index in [9.17, 15) is 9.59 Å². The van der Waals surface area contributed by atoms with E-state index in [1.54, 1.807) is 24.3 Å². The summed E-state index contributed by atoms with van der Waals surface area (Å²) in [7, 11) is 0. The molecule has 4 heteroatoms. The molecule has 0 saturated heterocycles. The smallest absolute Gasteiger partial charge is 0.261 e. The fourth-order valence-corrected chi connectivity index (χ4v) is 2.22. The van der Waals surface area contributed by atoms with Gasteiger partial charge in [0, 0.05) is 12.6 Å². The molecule has 0 fully saturated rings. The zero-order valence-corrected chi connectivity index (χ0v) is 10.8. The van der Waals surface area contributed by atoms with Crippen molar-refractivity contribution < 1.29 is 9.59 Å². The van der Waals surface area contributed by atoms with Gasteiger partial charge in [0.15, 0.2) is 0 Å². The normalized spacial score (nSPS) is 16.0. The summed E-state index contributed by atoms with van der Waals surface area (Å²) in [6, 6.07) is 7.30. The van der Waals surface area contributed by atoms with Crippen LogP contribution in [0.1, 0.15) is 41.0 Å². The maximum absolute atomic E-state index is 12.1. The Labute approximate surface area is 107 Å². The lowest BCUT2D eigenvalue weighted by Gasteiger charge is -2.17. The Morgan fingerprint density at radius 1 is 1.17 bits per heavy atom. The Morgan fingerprint density at radius 3 is 2.22 bits per heavy atom. The first-order valence-electron chi connectivity index (χ1n) is 6.33. The van der Waals surface area contributed by atoms with E-state index in [-0.39, 0.29) is 11.8 Å². The highest BCUT2D eigenvalue weighted by Gasteiger charge is 2.34. The second kappa shape index (κ2) is 5.31.